The van der Waals surface area contributed by atoms with Crippen LogP contribution in [0.2, 0.25) is 0 Å². The van der Waals surface area contributed by atoms with Crippen molar-refractivity contribution >= 4 is 53.9 Å². The third kappa shape index (κ3) is 4.61. The summed E-state index contributed by atoms with van der Waals surface area (Å²) in [5.41, 5.74) is 9.98. The molecule has 0 aromatic heterocycles. The maximum Gasteiger partial charge on any atom is -0.00201 e. The van der Waals surface area contributed by atoms with E-state index in [2.05, 4.69) is 194 Å². The van der Waals surface area contributed by atoms with E-state index in [0.29, 0.717) is 0 Å². The molecular weight excluding hydrogens is 601 g/mol. The van der Waals surface area contributed by atoms with Crippen LogP contribution in [0, 0.1) is 0 Å². The number of hydrogen-bond donors (Lipinski definition) is 0. The molecule has 0 spiro atoms. The SMILES string of the molecule is c1ccc2cc(-c3ccc4c(-c5ccc(-c6cccc7ccccc67)c6c(-c7cccc8ccccc78)cccc56)cccc4c3)ccc2c1. The fourth-order valence-electron chi connectivity index (χ4n) is 8.08. The lowest BCUT2D eigenvalue weighted by Crippen LogP contribution is -1.92. The second kappa shape index (κ2) is 11.6. The fourth-order valence-corrected chi connectivity index (χ4v) is 8.08. The highest BCUT2D eigenvalue weighted by molar-refractivity contribution is 6.18. The molecule has 232 valence electrons. The van der Waals surface area contributed by atoms with Crippen molar-refractivity contribution in [2.45, 2.75) is 0 Å². The molecule has 0 radical (unpaired) electrons. The van der Waals surface area contributed by atoms with E-state index in [4.69, 9.17) is 0 Å². The maximum absolute atomic E-state index is 2.36. The molecule has 0 heterocycles. The number of benzene rings is 10. The van der Waals surface area contributed by atoms with Crippen molar-refractivity contribution in [3.63, 3.8) is 0 Å². The molecule has 0 heteroatoms. The maximum atomic E-state index is 2.36. The van der Waals surface area contributed by atoms with Crippen molar-refractivity contribution in [1.29, 1.82) is 0 Å². The molecule has 0 aliphatic heterocycles. The van der Waals surface area contributed by atoms with Crippen molar-refractivity contribution < 1.29 is 0 Å². The van der Waals surface area contributed by atoms with Crippen molar-refractivity contribution in [3.8, 4) is 44.5 Å². The zero-order valence-electron chi connectivity index (χ0n) is 27.5. The van der Waals surface area contributed by atoms with Gasteiger partial charge in [0.15, 0.2) is 0 Å². The van der Waals surface area contributed by atoms with Crippen molar-refractivity contribution in [3.05, 3.63) is 194 Å². The lowest BCUT2D eigenvalue weighted by molar-refractivity contribution is 1.64. The molecular formula is C50H32. The van der Waals surface area contributed by atoms with Gasteiger partial charge in [-0.25, -0.2) is 0 Å². The predicted octanol–water partition coefficient (Wildman–Crippen LogP) is 14.1. The molecule has 0 fully saturated rings. The first-order chi connectivity index (χ1) is 24.8. The highest BCUT2D eigenvalue weighted by atomic mass is 14.2. The average Bonchev–Trinajstić information content (AvgIpc) is 3.19. The van der Waals surface area contributed by atoms with Crippen molar-refractivity contribution in [2.75, 3.05) is 0 Å². The smallest absolute Gasteiger partial charge is 0.00201 e. The van der Waals surface area contributed by atoms with Crippen LogP contribution in [-0.2, 0) is 0 Å². The summed E-state index contributed by atoms with van der Waals surface area (Å²) in [4.78, 5) is 0. The molecule has 0 nitrogen and oxygen atoms in total. The standard InChI is InChI=1S/C50H32/c1-2-14-36-31-37(26-25-33(36)11-1)38-27-28-42-39(32-38)17-9-20-43(42)46-29-30-49(45-22-8-16-35-13-4-6-19-41(35)45)50-47(23-10-24-48(46)50)44-21-7-15-34-12-3-5-18-40(34)44/h1-32H. The van der Waals surface area contributed by atoms with E-state index in [1.807, 2.05) is 0 Å². The second-order valence-electron chi connectivity index (χ2n) is 13.2. The first-order valence-corrected chi connectivity index (χ1v) is 17.3. The molecule has 0 bridgehead atoms. The van der Waals surface area contributed by atoms with Gasteiger partial charge in [-0.15, -0.1) is 0 Å². The van der Waals surface area contributed by atoms with Crippen LogP contribution in [0.1, 0.15) is 0 Å². The van der Waals surface area contributed by atoms with Crippen LogP contribution in [0.5, 0.6) is 0 Å². The predicted molar refractivity (Wildman–Crippen MR) is 216 cm³/mol. The van der Waals surface area contributed by atoms with Gasteiger partial charge in [-0.05, 0) is 111 Å². The summed E-state index contributed by atoms with van der Waals surface area (Å²) in [6.45, 7) is 0. The largest absolute Gasteiger partial charge is 0.0616 e. The van der Waals surface area contributed by atoms with Crippen LogP contribution < -0.4 is 0 Å². The summed E-state index contributed by atoms with van der Waals surface area (Å²) in [5, 5.41) is 12.6. The van der Waals surface area contributed by atoms with E-state index >= 15 is 0 Å². The van der Waals surface area contributed by atoms with Gasteiger partial charge in [0.2, 0.25) is 0 Å². The summed E-state index contributed by atoms with van der Waals surface area (Å²) in [7, 11) is 0. The first kappa shape index (κ1) is 28.5. The van der Waals surface area contributed by atoms with Crippen LogP contribution in [-0.4, -0.2) is 0 Å². The fraction of sp³-hybridized carbons (Fsp3) is 0. The van der Waals surface area contributed by atoms with Crippen LogP contribution >= 0.6 is 0 Å². The summed E-state index contributed by atoms with van der Waals surface area (Å²) >= 11 is 0. The molecule has 0 aliphatic rings. The Labute approximate surface area is 291 Å². The Morgan fingerprint density at radius 3 is 1.30 bits per heavy atom. The highest BCUT2D eigenvalue weighted by Gasteiger charge is 2.18. The van der Waals surface area contributed by atoms with Crippen LogP contribution in [0.25, 0.3) is 98.4 Å². The molecule has 0 saturated heterocycles. The van der Waals surface area contributed by atoms with Gasteiger partial charge in [-0.2, -0.15) is 0 Å². The second-order valence-corrected chi connectivity index (χ2v) is 13.2. The van der Waals surface area contributed by atoms with Crippen LogP contribution in [0.15, 0.2) is 194 Å². The third-order valence-electron chi connectivity index (χ3n) is 10.5. The molecule has 50 heavy (non-hydrogen) atoms. The van der Waals surface area contributed by atoms with Gasteiger partial charge in [-0.1, -0.05) is 182 Å². The van der Waals surface area contributed by atoms with Gasteiger partial charge in [0.05, 0.1) is 0 Å². The van der Waals surface area contributed by atoms with E-state index in [1.54, 1.807) is 0 Å². The Morgan fingerprint density at radius 2 is 0.600 bits per heavy atom. The zero-order valence-corrected chi connectivity index (χ0v) is 27.5. The average molecular weight is 633 g/mol. The Kier molecular flexibility index (Phi) is 6.60. The normalized spacial score (nSPS) is 11.6. The third-order valence-corrected chi connectivity index (χ3v) is 10.5. The minimum atomic E-state index is 1.23. The zero-order chi connectivity index (χ0) is 33.0. The lowest BCUT2D eigenvalue weighted by atomic mass is 9.84. The minimum absolute atomic E-state index is 1.23. The van der Waals surface area contributed by atoms with Gasteiger partial charge in [0.25, 0.3) is 0 Å². The van der Waals surface area contributed by atoms with E-state index in [9.17, 15) is 0 Å². The molecule has 0 unspecified atom stereocenters. The first-order valence-electron chi connectivity index (χ1n) is 17.3. The van der Waals surface area contributed by atoms with Gasteiger partial charge in [-0.3, -0.25) is 0 Å². The van der Waals surface area contributed by atoms with Crippen LogP contribution in [0.3, 0.4) is 0 Å². The molecule has 10 aromatic rings. The van der Waals surface area contributed by atoms with Gasteiger partial charge in [0, 0.05) is 0 Å². The molecule has 0 saturated carbocycles. The Bertz CT molecular complexity index is 2830. The highest BCUT2D eigenvalue weighted by Crippen LogP contribution is 2.45. The molecule has 0 atom stereocenters. The van der Waals surface area contributed by atoms with Crippen molar-refractivity contribution in [1.82, 2.24) is 0 Å². The Balaban J connectivity index is 1.23. The number of hydrogen-bond acceptors (Lipinski definition) is 0. The van der Waals surface area contributed by atoms with Gasteiger partial charge >= 0.3 is 0 Å². The monoisotopic (exact) mass is 632 g/mol. The summed E-state index contributed by atoms with van der Waals surface area (Å²) < 4.78 is 0. The molecule has 0 aliphatic carbocycles. The minimum Gasteiger partial charge on any atom is -0.0616 e. The molecule has 10 aromatic carbocycles. The number of fused-ring (bicyclic) bond motifs is 5. The molecule has 0 N–H and O–H groups in total. The van der Waals surface area contributed by atoms with Gasteiger partial charge < -0.3 is 0 Å². The van der Waals surface area contributed by atoms with E-state index < -0.39 is 0 Å². The quantitative estimate of drug-likeness (QED) is 0.181. The van der Waals surface area contributed by atoms with Gasteiger partial charge in [0.1, 0.15) is 0 Å². The van der Waals surface area contributed by atoms with E-state index in [0.717, 1.165) is 0 Å². The lowest BCUT2D eigenvalue weighted by Gasteiger charge is -2.19. The topological polar surface area (TPSA) is 0 Å². The van der Waals surface area contributed by atoms with E-state index in [-0.39, 0.29) is 0 Å². The van der Waals surface area contributed by atoms with Crippen molar-refractivity contribution in [2.24, 2.45) is 0 Å². The number of rotatable bonds is 4. The van der Waals surface area contributed by atoms with Crippen LogP contribution in [0.4, 0.5) is 0 Å². The summed E-state index contributed by atoms with van der Waals surface area (Å²) in [6.07, 6.45) is 0. The molecule has 0 amide bonds. The summed E-state index contributed by atoms with van der Waals surface area (Å²) in [6, 6.07) is 71.4. The Hall–Kier alpha value is -6.50. The summed E-state index contributed by atoms with van der Waals surface area (Å²) in [5.74, 6) is 0. The van der Waals surface area contributed by atoms with E-state index in [1.165, 1.54) is 98.4 Å². The Morgan fingerprint density at radius 1 is 0.200 bits per heavy atom. The molecule has 10 rings (SSSR count).